The van der Waals surface area contributed by atoms with Crippen molar-refractivity contribution in [2.45, 2.75) is 27.2 Å². The van der Waals surface area contributed by atoms with E-state index in [2.05, 4.69) is 38.7 Å². The molecule has 1 N–H and O–H groups in total. The van der Waals surface area contributed by atoms with E-state index in [-0.39, 0.29) is 10.7 Å². The molecule has 0 aliphatic carbocycles. The van der Waals surface area contributed by atoms with Crippen LogP contribution in [0.5, 0.6) is 0 Å². The van der Waals surface area contributed by atoms with E-state index in [1.807, 2.05) is 0 Å². The Morgan fingerprint density at radius 2 is 2.00 bits per heavy atom. The first kappa shape index (κ1) is 9.82. The number of nitrogens with one attached hydrogen (secondary N) is 1. The SMILES string of the molecule is CC(C)(C)CCNC(=O)S. The van der Waals surface area contributed by atoms with Gasteiger partial charge in [-0.05, 0) is 11.8 Å². The lowest BCUT2D eigenvalue weighted by Crippen LogP contribution is -2.22. The van der Waals surface area contributed by atoms with Crippen molar-refractivity contribution in [3.05, 3.63) is 0 Å². The van der Waals surface area contributed by atoms with Crippen LogP contribution in [0.25, 0.3) is 0 Å². The maximum Gasteiger partial charge on any atom is 0.275 e. The van der Waals surface area contributed by atoms with Gasteiger partial charge in [-0.2, -0.15) is 0 Å². The molecule has 3 heteroatoms. The van der Waals surface area contributed by atoms with E-state index in [4.69, 9.17) is 0 Å². The number of amides is 1. The highest BCUT2D eigenvalue weighted by Gasteiger charge is 2.08. The van der Waals surface area contributed by atoms with Gasteiger partial charge < -0.3 is 5.32 Å². The molecule has 0 aliphatic rings. The van der Waals surface area contributed by atoms with E-state index in [1.54, 1.807) is 0 Å². The first-order valence-corrected chi connectivity index (χ1v) is 3.83. The fourth-order valence-corrected chi connectivity index (χ4v) is 0.656. The number of carbonyl (C=O) groups excluding carboxylic acids is 1. The standard InChI is InChI=1S/C7H15NOS/c1-7(2,3)4-5-8-6(9)10/h4-5H2,1-3H3,(H2,8,9,10). The van der Waals surface area contributed by atoms with Crippen molar-refractivity contribution in [3.63, 3.8) is 0 Å². The molecule has 1 amide bonds. The van der Waals surface area contributed by atoms with Crippen molar-refractivity contribution in [3.8, 4) is 0 Å². The maximum atomic E-state index is 10.3. The molecule has 0 rings (SSSR count). The molecular weight excluding hydrogens is 146 g/mol. The summed E-state index contributed by atoms with van der Waals surface area (Å²) in [6, 6.07) is 0. The highest BCUT2D eigenvalue weighted by molar-refractivity contribution is 7.96. The fourth-order valence-electron chi connectivity index (χ4n) is 0.544. The third kappa shape index (κ3) is 7.82. The van der Waals surface area contributed by atoms with Crippen LogP contribution in [-0.2, 0) is 0 Å². The van der Waals surface area contributed by atoms with Gasteiger partial charge in [-0.1, -0.05) is 33.4 Å². The lowest BCUT2D eigenvalue weighted by molar-refractivity contribution is 0.259. The summed E-state index contributed by atoms with van der Waals surface area (Å²) in [6.45, 7) is 7.12. The molecule has 0 heterocycles. The molecule has 0 unspecified atom stereocenters. The molecule has 0 aromatic carbocycles. The highest BCUT2D eigenvalue weighted by atomic mass is 32.1. The Morgan fingerprint density at radius 3 is 2.30 bits per heavy atom. The molecule has 0 aromatic rings. The smallest absolute Gasteiger partial charge is 0.275 e. The first-order chi connectivity index (χ1) is 4.42. The Labute approximate surface area is 67.8 Å². The molecule has 0 fully saturated rings. The average Bonchev–Trinajstić information content (AvgIpc) is 1.59. The zero-order chi connectivity index (χ0) is 8.20. The zero-order valence-corrected chi connectivity index (χ0v) is 7.66. The minimum atomic E-state index is -0.246. The van der Waals surface area contributed by atoms with Crippen molar-refractivity contribution in [1.82, 2.24) is 5.32 Å². The normalized spacial score (nSPS) is 11.2. The largest absolute Gasteiger partial charge is 0.347 e. The van der Waals surface area contributed by atoms with Gasteiger partial charge in [-0.25, -0.2) is 0 Å². The van der Waals surface area contributed by atoms with Crippen LogP contribution in [0.1, 0.15) is 27.2 Å². The summed E-state index contributed by atoms with van der Waals surface area (Å²) >= 11 is 3.58. The Bertz CT molecular complexity index is 117. The first-order valence-electron chi connectivity index (χ1n) is 3.38. The van der Waals surface area contributed by atoms with Gasteiger partial charge in [0.1, 0.15) is 0 Å². The van der Waals surface area contributed by atoms with E-state index in [0.29, 0.717) is 6.54 Å². The van der Waals surface area contributed by atoms with Crippen molar-refractivity contribution < 1.29 is 4.79 Å². The molecule has 0 aromatic heterocycles. The van der Waals surface area contributed by atoms with Crippen LogP contribution in [0.4, 0.5) is 4.79 Å². The second-order valence-electron chi connectivity index (χ2n) is 3.54. The van der Waals surface area contributed by atoms with Gasteiger partial charge in [-0.3, -0.25) is 4.79 Å². The highest BCUT2D eigenvalue weighted by Crippen LogP contribution is 2.16. The van der Waals surface area contributed by atoms with Crippen molar-refractivity contribution in [2.75, 3.05) is 6.54 Å². The number of hydrogen-bond donors (Lipinski definition) is 2. The summed E-state index contributed by atoms with van der Waals surface area (Å²) < 4.78 is 0. The van der Waals surface area contributed by atoms with Crippen LogP contribution >= 0.6 is 12.6 Å². The predicted octanol–water partition coefficient (Wildman–Crippen LogP) is 2.06. The lowest BCUT2D eigenvalue weighted by Gasteiger charge is -2.17. The molecule has 0 spiro atoms. The molecule has 0 bridgehead atoms. The quantitative estimate of drug-likeness (QED) is 0.596. The molecule has 0 radical (unpaired) electrons. The minimum absolute atomic E-state index is 0.246. The summed E-state index contributed by atoms with van der Waals surface area (Å²) in [7, 11) is 0. The Hall–Kier alpha value is -0.180. The summed E-state index contributed by atoms with van der Waals surface area (Å²) in [6.07, 6.45) is 0.985. The number of rotatable bonds is 2. The van der Waals surface area contributed by atoms with Gasteiger partial charge in [0.05, 0.1) is 0 Å². The van der Waals surface area contributed by atoms with Crippen LogP contribution in [0, 0.1) is 5.41 Å². The van der Waals surface area contributed by atoms with Gasteiger partial charge in [0.15, 0.2) is 0 Å². The van der Waals surface area contributed by atoms with Crippen LogP contribution in [0.3, 0.4) is 0 Å². The van der Waals surface area contributed by atoms with Crippen LogP contribution in [0.2, 0.25) is 0 Å². The molecule has 0 saturated carbocycles. The maximum absolute atomic E-state index is 10.3. The Balaban J connectivity index is 3.29. The van der Waals surface area contributed by atoms with Gasteiger partial charge in [0.25, 0.3) is 5.24 Å². The second kappa shape index (κ2) is 3.86. The van der Waals surface area contributed by atoms with Gasteiger partial charge in [0.2, 0.25) is 0 Å². The van der Waals surface area contributed by atoms with Crippen molar-refractivity contribution in [2.24, 2.45) is 5.41 Å². The van der Waals surface area contributed by atoms with E-state index in [0.717, 1.165) is 6.42 Å². The average molecular weight is 161 g/mol. The third-order valence-corrected chi connectivity index (χ3v) is 1.31. The Kier molecular flexibility index (Phi) is 3.79. The van der Waals surface area contributed by atoms with E-state index in [1.165, 1.54) is 0 Å². The van der Waals surface area contributed by atoms with Gasteiger partial charge in [0, 0.05) is 6.54 Å². The number of hydrogen-bond acceptors (Lipinski definition) is 1. The third-order valence-electron chi connectivity index (χ3n) is 1.15. The molecule has 60 valence electrons. The Morgan fingerprint density at radius 1 is 1.50 bits per heavy atom. The van der Waals surface area contributed by atoms with Crippen molar-refractivity contribution >= 4 is 17.9 Å². The van der Waals surface area contributed by atoms with Crippen molar-refractivity contribution in [1.29, 1.82) is 0 Å². The molecule has 2 nitrogen and oxygen atoms in total. The van der Waals surface area contributed by atoms with Gasteiger partial charge >= 0.3 is 0 Å². The molecule has 0 saturated heterocycles. The topological polar surface area (TPSA) is 29.1 Å². The summed E-state index contributed by atoms with van der Waals surface area (Å²) in [5.41, 5.74) is 0.288. The molecule has 0 aliphatic heterocycles. The van der Waals surface area contributed by atoms with Crippen LogP contribution in [-0.4, -0.2) is 11.8 Å². The number of thiol groups is 1. The second-order valence-corrected chi connectivity index (χ2v) is 3.95. The summed E-state index contributed by atoms with van der Waals surface area (Å²) in [5, 5.41) is 2.38. The zero-order valence-electron chi connectivity index (χ0n) is 6.77. The molecule has 10 heavy (non-hydrogen) atoms. The predicted molar refractivity (Wildman–Crippen MR) is 46.5 cm³/mol. The van der Waals surface area contributed by atoms with E-state index >= 15 is 0 Å². The van der Waals surface area contributed by atoms with E-state index in [9.17, 15) is 4.79 Å². The van der Waals surface area contributed by atoms with Gasteiger partial charge in [-0.15, -0.1) is 0 Å². The minimum Gasteiger partial charge on any atom is -0.347 e. The fraction of sp³-hybridized carbons (Fsp3) is 0.857. The van der Waals surface area contributed by atoms with Crippen LogP contribution in [0.15, 0.2) is 0 Å². The number of carbonyl (C=O) groups is 1. The molecular formula is C7H15NOS. The molecule has 0 atom stereocenters. The van der Waals surface area contributed by atoms with E-state index < -0.39 is 0 Å². The summed E-state index contributed by atoms with van der Waals surface area (Å²) in [4.78, 5) is 10.3. The summed E-state index contributed by atoms with van der Waals surface area (Å²) in [5.74, 6) is 0. The van der Waals surface area contributed by atoms with Crippen LogP contribution < -0.4 is 5.32 Å². The monoisotopic (exact) mass is 161 g/mol. The lowest BCUT2D eigenvalue weighted by atomic mass is 9.92.